The molecule has 1 aliphatic carbocycles. The molecule has 4 nitrogen and oxygen atoms in total. The van der Waals surface area contributed by atoms with Crippen molar-refractivity contribution in [1.29, 1.82) is 0 Å². The number of rotatable bonds is 2. The quantitative estimate of drug-likeness (QED) is 0.906. The van der Waals surface area contributed by atoms with Gasteiger partial charge in [-0.25, -0.2) is 0 Å². The lowest BCUT2D eigenvalue weighted by atomic mass is 9.86. The van der Waals surface area contributed by atoms with Gasteiger partial charge in [-0.1, -0.05) is 39.6 Å². The van der Waals surface area contributed by atoms with E-state index in [0.717, 1.165) is 41.6 Å². The molecular weight excluding hydrogens is 318 g/mol. The van der Waals surface area contributed by atoms with E-state index in [1.165, 1.54) is 5.56 Å². The molecule has 3 rings (SSSR count). The summed E-state index contributed by atoms with van der Waals surface area (Å²) in [6.07, 6.45) is 4.27. The molecule has 2 aromatic rings. The lowest BCUT2D eigenvalue weighted by Gasteiger charge is -2.23. The molecule has 1 aliphatic rings. The Morgan fingerprint density at radius 1 is 1.35 bits per heavy atom. The van der Waals surface area contributed by atoms with Gasteiger partial charge in [-0.05, 0) is 37.8 Å². The summed E-state index contributed by atoms with van der Waals surface area (Å²) in [4.78, 5) is 4.56. The highest BCUT2D eigenvalue weighted by molar-refractivity contribution is 9.10. The predicted octanol–water partition coefficient (Wildman–Crippen LogP) is 3.79. The number of hydrogen-bond acceptors (Lipinski definition) is 4. The maximum absolute atomic E-state index is 6.02. The Morgan fingerprint density at radius 3 is 2.95 bits per heavy atom. The largest absolute Gasteiger partial charge is 0.339 e. The van der Waals surface area contributed by atoms with Crippen LogP contribution in [0.1, 0.15) is 43.1 Å². The van der Waals surface area contributed by atoms with E-state index in [0.29, 0.717) is 11.7 Å². The Morgan fingerprint density at radius 2 is 2.20 bits per heavy atom. The van der Waals surface area contributed by atoms with Crippen molar-refractivity contribution >= 4 is 15.9 Å². The highest BCUT2D eigenvalue weighted by Crippen LogP contribution is 2.32. The molecule has 2 atom stereocenters. The van der Waals surface area contributed by atoms with Crippen LogP contribution in [-0.4, -0.2) is 16.2 Å². The molecule has 2 unspecified atom stereocenters. The fourth-order valence-electron chi connectivity index (χ4n) is 2.70. The summed E-state index contributed by atoms with van der Waals surface area (Å²) >= 11 is 3.53. The lowest BCUT2D eigenvalue weighted by Crippen LogP contribution is -2.26. The molecule has 1 saturated carbocycles. The van der Waals surface area contributed by atoms with Crippen LogP contribution in [0.4, 0.5) is 0 Å². The Balaban J connectivity index is 1.84. The molecule has 0 amide bonds. The maximum Gasteiger partial charge on any atom is 0.230 e. The Labute approximate surface area is 126 Å². The van der Waals surface area contributed by atoms with Gasteiger partial charge >= 0.3 is 0 Å². The molecule has 0 radical (unpaired) electrons. The first-order valence-corrected chi connectivity index (χ1v) is 7.78. The van der Waals surface area contributed by atoms with Gasteiger partial charge in [-0.15, -0.1) is 0 Å². The topological polar surface area (TPSA) is 64.9 Å². The summed E-state index contributed by atoms with van der Waals surface area (Å²) in [7, 11) is 0. The van der Waals surface area contributed by atoms with E-state index in [1.54, 1.807) is 0 Å². The van der Waals surface area contributed by atoms with Crippen LogP contribution in [0.5, 0.6) is 0 Å². The van der Waals surface area contributed by atoms with Crippen molar-refractivity contribution < 1.29 is 4.52 Å². The number of nitrogens with two attached hydrogens (primary N) is 1. The number of benzene rings is 1. The average molecular weight is 336 g/mol. The fourth-order valence-corrected chi connectivity index (χ4v) is 3.08. The second kappa shape index (κ2) is 5.66. The van der Waals surface area contributed by atoms with Gasteiger partial charge in [0.2, 0.25) is 11.7 Å². The Kier molecular flexibility index (Phi) is 3.89. The van der Waals surface area contributed by atoms with Crippen LogP contribution in [0.25, 0.3) is 11.4 Å². The molecule has 0 saturated heterocycles. The van der Waals surface area contributed by atoms with Gasteiger partial charge in [-0.3, -0.25) is 0 Å². The lowest BCUT2D eigenvalue weighted by molar-refractivity contribution is 0.299. The molecular formula is C15H18BrN3O. The van der Waals surface area contributed by atoms with E-state index in [9.17, 15) is 0 Å². The van der Waals surface area contributed by atoms with Gasteiger partial charge in [-0.2, -0.15) is 4.98 Å². The number of halogens is 1. The number of aryl methyl sites for hydroxylation is 1. The normalized spacial score (nSPS) is 22.9. The average Bonchev–Trinajstić information content (AvgIpc) is 2.92. The number of aromatic nitrogens is 2. The maximum atomic E-state index is 6.02. The minimum atomic E-state index is 0.262. The molecule has 20 heavy (non-hydrogen) atoms. The van der Waals surface area contributed by atoms with E-state index >= 15 is 0 Å². The van der Waals surface area contributed by atoms with Crippen LogP contribution < -0.4 is 5.73 Å². The molecule has 0 spiro atoms. The first-order valence-electron chi connectivity index (χ1n) is 6.99. The van der Waals surface area contributed by atoms with E-state index in [2.05, 4.69) is 33.0 Å². The highest BCUT2D eigenvalue weighted by Gasteiger charge is 2.25. The third-order valence-corrected chi connectivity index (χ3v) is 4.79. The number of nitrogens with zero attached hydrogens (tertiary/aromatic N) is 2. The molecule has 1 aromatic carbocycles. The van der Waals surface area contributed by atoms with Crippen molar-refractivity contribution in [2.24, 2.45) is 5.73 Å². The van der Waals surface area contributed by atoms with Gasteiger partial charge in [0, 0.05) is 22.0 Å². The minimum Gasteiger partial charge on any atom is -0.339 e. The van der Waals surface area contributed by atoms with Gasteiger partial charge in [0.1, 0.15) is 0 Å². The monoisotopic (exact) mass is 335 g/mol. The van der Waals surface area contributed by atoms with Gasteiger partial charge in [0.05, 0.1) is 0 Å². The zero-order valence-electron chi connectivity index (χ0n) is 11.5. The van der Waals surface area contributed by atoms with E-state index < -0.39 is 0 Å². The SMILES string of the molecule is Cc1ccc(-c2noc(C3CCCC(N)C3)n2)cc1Br. The van der Waals surface area contributed by atoms with Crippen molar-refractivity contribution in [3.8, 4) is 11.4 Å². The van der Waals surface area contributed by atoms with E-state index in [-0.39, 0.29) is 6.04 Å². The summed E-state index contributed by atoms with van der Waals surface area (Å²) in [6.45, 7) is 2.05. The van der Waals surface area contributed by atoms with Crippen molar-refractivity contribution in [2.45, 2.75) is 44.6 Å². The zero-order chi connectivity index (χ0) is 14.1. The molecule has 2 N–H and O–H groups in total. The molecule has 1 heterocycles. The standard InChI is InChI=1S/C15H18BrN3O/c1-9-5-6-10(8-13(9)16)14-18-15(20-19-14)11-3-2-4-12(17)7-11/h5-6,8,11-12H,2-4,7,17H2,1H3. The first-order chi connectivity index (χ1) is 9.63. The van der Waals surface area contributed by atoms with Gasteiger partial charge in [0.25, 0.3) is 0 Å². The van der Waals surface area contributed by atoms with E-state index in [4.69, 9.17) is 10.3 Å². The highest BCUT2D eigenvalue weighted by atomic mass is 79.9. The van der Waals surface area contributed by atoms with Crippen molar-refractivity contribution in [3.63, 3.8) is 0 Å². The van der Waals surface area contributed by atoms with Crippen LogP contribution in [0, 0.1) is 6.92 Å². The summed E-state index contributed by atoms with van der Waals surface area (Å²) in [5, 5.41) is 4.11. The summed E-state index contributed by atoms with van der Waals surface area (Å²) in [6, 6.07) is 6.35. The van der Waals surface area contributed by atoms with Crippen molar-refractivity contribution in [2.75, 3.05) is 0 Å². The van der Waals surface area contributed by atoms with Gasteiger partial charge in [0.15, 0.2) is 0 Å². The molecule has 1 aromatic heterocycles. The third-order valence-electron chi connectivity index (χ3n) is 3.94. The zero-order valence-corrected chi connectivity index (χ0v) is 13.1. The van der Waals surface area contributed by atoms with Crippen LogP contribution in [0.3, 0.4) is 0 Å². The third kappa shape index (κ3) is 2.79. The van der Waals surface area contributed by atoms with Gasteiger partial charge < -0.3 is 10.3 Å². The molecule has 106 valence electrons. The summed E-state index contributed by atoms with van der Waals surface area (Å²) in [5.74, 6) is 1.69. The summed E-state index contributed by atoms with van der Waals surface area (Å²) < 4.78 is 6.50. The summed E-state index contributed by atoms with van der Waals surface area (Å²) in [5.41, 5.74) is 8.18. The predicted molar refractivity (Wildman–Crippen MR) is 81.4 cm³/mol. The Bertz CT molecular complexity index is 611. The number of hydrogen-bond donors (Lipinski definition) is 1. The Hall–Kier alpha value is -1.20. The smallest absolute Gasteiger partial charge is 0.230 e. The first kappa shape index (κ1) is 13.8. The van der Waals surface area contributed by atoms with Crippen LogP contribution in [0.2, 0.25) is 0 Å². The van der Waals surface area contributed by atoms with Crippen molar-refractivity contribution in [1.82, 2.24) is 10.1 Å². The molecule has 0 aliphatic heterocycles. The van der Waals surface area contributed by atoms with E-state index in [1.807, 2.05) is 18.2 Å². The fraction of sp³-hybridized carbons (Fsp3) is 0.467. The minimum absolute atomic E-state index is 0.262. The molecule has 1 fully saturated rings. The van der Waals surface area contributed by atoms with Crippen LogP contribution in [-0.2, 0) is 0 Å². The second-order valence-electron chi connectivity index (χ2n) is 5.54. The van der Waals surface area contributed by atoms with Crippen LogP contribution >= 0.6 is 15.9 Å². The molecule has 0 bridgehead atoms. The second-order valence-corrected chi connectivity index (χ2v) is 6.40. The molecule has 5 heteroatoms. The van der Waals surface area contributed by atoms with Crippen LogP contribution in [0.15, 0.2) is 27.2 Å². The van der Waals surface area contributed by atoms with Crippen molar-refractivity contribution in [3.05, 3.63) is 34.1 Å².